The second kappa shape index (κ2) is 7.26. The van der Waals surface area contributed by atoms with Gasteiger partial charge in [0.15, 0.2) is 0 Å². The minimum absolute atomic E-state index is 0.0695. The van der Waals surface area contributed by atoms with E-state index in [0.29, 0.717) is 6.54 Å². The van der Waals surface area contributed by atoms with Crippen molar-refractivity contribution in [2.24, 2.45) is 0 Å². The molecule has 23 heavy (non-hydrogen) atoms. The molecule has 0 aliphatic rings. The monoisotopic (exact) mass is 327 g/mol. The van der Waals surface area contributed by atoms with Crippen molar-refractivity contribution in [1.29, 1.82) is 0 Å². The van der Waals surface area contributed by atoms with Crippen LogP contribution < -0.4 is 5.32 Å². The Morgan fingerprint density at radius 3 is 2.83 bits per heavy atom. The molecule has 0 unspecified atom stereocenters. The normalized spacial score (nSPS) is 11.5. The van der Waals surface area contributed by atoms with E-state index in [2.05, 4.69) is 15.5 Å². The zero-order valence-corrected chi connectivity index (χ0v) is 12.5. The Morgan fingerprint density at radius 2 is 2.13 bits per heavy atom. The first kappa shape index (κ1) is 17.0. The molecule has 0 saturated heterocycles. The number of rotatable bonds is 6. The van der Waals surface area contributed by atoms with Crippen LogP contribution in [0.1, 0.15) is 31.2 Å². The van der Waals surface area contributed by atoms with Crippen LogP contribution in [0.15, 0.2) is 28.8 Å². The molecule has 0 aliphatic carbocycles. The van der Waals surface area contributed by atoms with Crippen LogP contribution in [0, 0.1) is 0 Å². The summed E-state index contributed by atoms with van der Waals surface area (Å²) in [4.78, 5) is 15.5. The van der Waals surface area contributed by atoms with Crippen LogP contribution in [0.3, 0.4) is 0 Å². The minimum Gasteiger partial charge on any atom is -0.356 e. The van der Waals surface area contributed by atoms with Crippen LogP contribution >= 0.6 is 0 Å². The molecule has 0 saturated carbocycles. The number of carbonyl (C=O) groups excluding carboxylic acids is 1. The molecule has 0 aliphatic heterocycles. The fraction of sp³-hybridized carbons (Fsp3) is 0.400. The van der Waals surface area contributed by atoms with Crippen molar-refractivity contribution in [1.82, 2.24) is 15.5 Å². The van der Waals surface area contributed by atoms with E-state index in [1.165, 1.54) is 12.1 Å². The van der Waals surface area contributed by atoms with Crippen molar-refractivity contribution in [2.45, 2.75) is 32.4 Å². The Kier molecular flexibility index (Phi) is 5.36. The topological polar surface area (TPSA) is 68.0 Å². The Hall–Kier alpha value is -2.38. The van der Waals surface area contributed by atoms with E-state index in [-0.39, 0.29) is 36.0 Å². The van der Waals surface area contributed by atoms with Crippen molar-refractivity contribution in [3.8, 4) is 11.4 Å². The summed E-state index contributed by atoms with van der Waals surface area (Å²) in [6, 6.07) is 4.69. The van der Waals surface area contributed by atoms with Gasteiger partial charge in [0.2, 0.25) is 17.6 Å². The van der Waals surface area contributed by atoms with E-state index in [9.17, 15) is 18.0 Å². The number of hydrogen-bond acceptors (Lipinski definition) is 4. The van der Waals surface area contributed by atoms with Gasteiger partial charge < -0.3 is 9.84 Å². The summed E-state index contributed by atoms with van der Waals surface area (Å²) in [5.74, 6) is 0.148. The van der Waals surface area contributed by atoms with Crippen LogP contribution in [0.25, 0.3) is 11.4 Å². The third-order valence-electron chi connectivity index (χ3n) is 3.05. The Labute approximate surface area is 130 Å². The van der Waals surface area contributed by atoms with Gasteiger partial charge in [0.25, 0.3) is 0 Å². The zero-order chi connectivity index (χ0) is 16.9. The van der Waals surface area contributed by atoms with Gasteiger partial charge in [-0.15, -0.1) is 0 Å². The fourth-order valence-electron chi connectivity index (χ4n) is 1.88. The molecule has 2 aromatic rings. The van der Waals surface area contributed by atoms with Gasteiger partial charge in [0, 0.05) is 24.9 Å². The number of nitrogens with zero attached hydrogens (tertiary/aromatic N) is 2. The van der Waals surface area contributed by atoms with Crippen LogP contribution in [0.5, 0.6) is 0 Å². The van der Waals surface area contributed by atoms with Gasteiger partial charge in [-0.3, -0.25) is 4.79 Å². The van der Waals surface area contributed by atoms with E-state index < -0.39 is 11.7 Å². The summed E-state index contributed by atoms with van der Waals surface area (Å²) in [7, 11) is 0. The predicted molar refractivity (Wildman–Crippen MR) is 76.4 cm³/mol. The minimum atomic E-state index is -4.43. The van der Waals surface area contributed by atoms with Gasteiger partial charge >= 0.3 is 6.18 Å². The lowest BCUT2D eigenvalue weighted by molar-refractivity contribution is -0.137. The number of alkyl halides is 3. The van der Waals surface area contributed by atoms with Crippen LogP contribution in [0.4, 0.5) is 13.2 Å². The first-order chi connectivity index (χ1) is 10.9. The number of hydrogen-bond donors (Lipinski definition) is 1. The fourth-order valence-corrected chi connectivity index (χ4v) is 1.88. The molecule has 0 spiro atoms. The predicted octanol–water partition coefficient (Wildman–Crippen LogP) is 3.21. The highest BCUT2D eigenvalue weighted by Crippen LogP contribution is 2.31. The van der Waals surface area contributed by atoms with E-state index in [1.807, 2.05) is 6.92 Å². The van der Waals surface area contributed by atoms with Crippen molar-refractivity contribution >= 4 is 5.91 Å². The molecular formula is C15H16F3N3O2. The second-order valence-electron chi connectivity index (χ2n) is 4.94. The lowest BCUT2D eigenvalue weighted by Crippen LogP contribution is -2.24. The van der Waals surface area contributed by atoms with Gasteiger partial charge in [-0.2, -0.15) is 18.2 Å². The maximum atomic E-state index is 12.7. The van der Waals surface area contributed by atoms with Crippen molar-refractivity contribution in [2.75, 3.05) is 6.54 Å². The molecule has 1 amide bonds. The lowest BCUT2D eigenvalue weighted by Gasteiger charge is -2.06. The van der Waals surface area contributed by atoms with Gasteiger partial charge in [0.1, 0.15) is 0 Å². The third kappa shape index (κ3) is 4.80. The summed E-state index contributed by atoms with van der Waals surface area (Å²) < 4.78 is 43.1. The molecule has 1 N–H and O–H groups in total. The Balaban J connectivity index is 2.03. The quantitative estimate of drug-likeness (QED) is 0.884. The first-order valence-corrected chi connectivity index (χ1v) is 7.17. The molecule has 0 bridgehead atoms. The van der Waals surface area contributed by atoms with Crippen LogP contribution in [-0.2, 0) is 17.4 Å². The third-order valence-corrected chi connectivity index (χ3v) is 3.05. The molecule has 1 aromatic carbocycles. The molecule has 0 atom stereocenters. The molecule has 124 valence electrons. The molecular weight excluding hydrogens is 311 g/mol. The molecule has 1 heterocycles. The van der Waals surface area contributed by atoms with Gasteiger partial charge in [0.05, 0.1) is 5.56 Å². The maximum Gasteiger partial charge on any atom is 0.416 e. The molecule has 5 nitrogen and oxygen atoms in total. The van der Waals surface area contributed by atoms with E-state index in [0.717, 1.165) is 18.6 Å². The molecule has 0 radical (unpaired) electrons. The SMILES string of the molecule is CCCNC(=O)CCc1nc(-c2cccc(C(F)(F)F)c2)no1. The summed E-state index contributed by atoms with van der Waals surface area (Å²) in [6.45, 7) is 2.54. The van der Waals surface area contributed by atoms with E-state index in [4.69, 9.17) is 4.52 Å². The maximum absolute atomic E-state index is 12.7. The Bertz CT molecular complexity index is 668. The molecule has 0 fully saturated rings. The summed E-state index contributed by atoms with van der Waals surface area (Å²) in [6.07, 6.45) is -3.17. The van der Waals surface area contributed by atoms with E-state index >= 15 is 0 Å². The average Bonchev–Trinajstić information content (AvgIpc) is 2.99. The molecule has 8 heteroatoms. The van der Waals surface area contributed by atoms with E-state index in [1.54, 1.807) is 0 Å². The zero-order valence-electron chi connectivity index (χ0n) is 12.5. The largest absolute Gasteiger partial charge is 0.416 e. The number of aromatic nitrogens is 2. The Morgan fingerprint density at radius 1 is 1.35 bits per heavy atom. The summed E-state index contributed by atoms with van der Waals surface area (Å²) in [5.41, 5.74) is -0.564. The molecule has 1 aromatic heterocycles. The summed E-state index contributed by atoms with van der Waals surface area (Å²) >= 11 is 0. The van der Waals surface area contributed by atoms with Crippen molar-refractivity contribution < 1.29 is 22.5 Å². The lowest BCUT2D eigenvalue weighted by atomic mass is 10.1. The highest BCUT2D eigenvalue weighted by molar-refractivity contribution is 5.75. The number of halogens is 3. The van der Waals surface area contributed by atoms with Gasteiger partial charge in [-0.25, -0.2) is 0 Å². The number of carbonyl (C=O) groups is 1. The number of aryl methyl sites for hydroxylation is 1. The van der Waals surface area contributed by atoms with Crippen LogP contribution in [-0.4, -0.2) is 22.6 Å². The van der Waals surface area contributed by atoms with Crippen molar-refractivity contribution in [3.05, 3.63) is 35.7 Å². The number of nitrogens with one attached hydrogen (secondary N) is 1. The standard InChI is InChI=1S/C15H16F3N3O2/c1-2-8-19-12(22)6-7-13-20-14(21-23-13)10-4-3-5-11(9-10)15(16,17)18/h3-5,9H,2,6-8H2,1H3,(H,19,22). The number of benzene rings is 1. The highest BCUT2D eigenvalue weighted by Gasteiger charge is 2.30. The first-order valence-electron chi connectivity index (χ1n) is 7.17. The number of amides is 1. The second-order valence-corrected chi connectivity index (χ2v) is 4.94. The van der Waals surface area contributed by atoms with Crippen molar-refractivity contribution in [3.63, 3.8) is 0 Å². The highest BCUT2D eigenvalue weighted by atomic mass is 19.4. The van der Waals surface area contributed by atoms with Gasteiger partial charge in [-0.05, 0) is 18.6 Å². The molecule has 2 rings (SSSR count). The van der Waals surface area contributed by atoms with Gasteiger partial charge in [-0.1, -0.05) is 24.2 Å². The smallest absolute Gasteiger partial charge is 0.356 e. The van der Waals surface area contributed by atoms with Crippen LogP contribution in [0.2, 0.25) is 0 Å². The average molecular weight is 327 g/mol. The summed E-state index contributed by atoms with van der Waals surface area (Å²) in [5, 5.41) is 6.38.